The molecule has 0 saturated heterocycles. The molecule has 0 atom stereocenters. The molecular weight excluding hydrogens is 420 g/mol. The molecule has 0 heterocycles. The highest BCUT2D eigenvalue weighted by atomic mass is 79.9. The lowest BCUT2D eigenvalue weighted by molar-refractivity contribution is 0.0521. The van der Waals surface area contributed by atoms with Crippen LogP contribution in [-0.4, -0.2) is 19.7 Å². The fourth-order valence-corrected chi connectivity index (χ4v) is 2.62. The summed E-state index contributed by atoms with van der Waals surface area (Å²) in [4.78, 5) is 11.9. The number of hydrogen-bond acceptors (Lipinski definition) is 3. The number of carbonyl (C=O) groups excluding carboxylic acids is 1. The van der Waals surface area contributed by atoms with E-state index in [0.29, 0.717) is 22.4 Å². The smallest absolute Gasteiger partial charge is 0.342 e. The Bertz CT molecular complexity index is 419. The highest BCUT2D eigenvalue weighted by Crippen LogP contribution is 2.39. The number of halogens is 3. The standard InChI is InChI=1S/C11H11Br3O3/c1-3-17-11(15)8-6(10(13)14)4-5-7(12)9(8)16-2/h4-5,10H,3H2,1-2H3. The van der Waals surface area contributed by atoms with Gasteiger partial charge < -0.3 is 9.47 Å². The summed E-state index contributed by atoms with van der Waals surface area (Å²) in [5.74, 6) is 0.0781. The van der Waals surface area contributed by atoms with Crippen LogP contribution in [0.1, 0.15) is 26.6 Å². The van der Waals surface area contributed by atoms with E-state index in [4.69, 9.17) is 9.47 Å². The quantitative estimate of drug-likeness (QED) is 0.524. The molecule has 0 N–H and O–H groups in total. The summed E-state index contributed by atoms with van der Waals surface area (Å²) in [5.41, 5.74) is 1.19. The van der Waals surface area contributed by atoms with Gasteiger partial charge in [-0.25, -0.2) is 4.79 Å². The predicted octanol–water partition coefficient (Wildman–Crippen LogP) is 4.42. The maximum atomic E-state index is 11.9. The average molecular weight is 431 g/mol. The van der Waals surface area contributed by atoms with Gasteiger partial charge in [0, 0.05) is 0 Å². The van der Waals surface area contributed by atoms with Crippen molar-refractivity contribution < 1.29 is 14.3 Å². The van der Waals surface area contributed by atoms with Crippen LogP contribution in [0.5, 0.6) is 5.75 Å². The van der Waals surface area contributed by atoms with Gasteiger partial charge in [0.1, 0.15) is 11.3 Å². The number of hydrogen-bond donors (Lipinski definition) is 0. The molecule has 0 bridgehead atoms. The zero-order chi connectivity index (χ0) is 13.0. The Labute approximate surface area is 125 Å². The molecule has 17 heavy (non-hydrogen) atoms. The molecule has 0 fully saturated rings. The van der Waals surface area contributed by atoms with Gasteiger partial charge in [0.2, 0.25) is 0 Å². The molecule has 0 aromatic heterocycles. The zero-order valence-electron chi connectivity index (χ0n) is 9.30. The van der Waals surface area contributed by atoms with Crippen molar-refractivity contribution in [2.24, 2.45) is 0 Å². The van der Waals surface area contributed by atoms with Gasteiger partial charge in [0.15, 0.2) is 0 Å². The van der Waals surface area contributed by atoms with E-state index in [1.807, 2.05) is 12.1 Å². The van der Waals surface area contributed by atoms with Crippen molar-refractivity contribution in [2.45, 2.75) is 10.7 Å². The minimum Gasteiger partial charge on any atom is -0.495 e. The number of esters is 1. The van der Waals surface area contributed by atoms with E-state index in [9.17, 15) is 4.79 Å². The van der Waals surface area contributed by atoms with E-state index < -0.39 is 5.97 Å². The molecular formula is C11H11Br3O3. The van der Waals surface area contributed by atoms with Crippen molar-refractivity contribution in [3.05, 3.63) is 27.7 Å². The van der Waals surface area contributed by atoms with Gasteiger partial charge in [-0.15, -0.1) is 0 Å². The second kappa shape index (κ2) is 6.75. The molecule has 6 heteroatoms. The number of rotatable bonds is 4. The van der Waals surface area contributed by atoms with Gasteiger partial charge in [0.25, 0.3) is 0 Å². The zero-order valence-corrected chi connectivity index (χ0v) is 14.1. The van der Waals surface area contributed by atoms with E-state index in [1.54, 1.807) is 6.92 Å². The predicted molar refractivity (Wildman–Crippen MR) is 77.2 cm³/mol. The lowest BCUT2D eigenvalue weighted by atomic mass is 10.1. The van der Waals surface area contributed by atoms with Crippen LogP contribution in [0.3, 0.4) is 0 Å². The SMILES string of the molecule is CCOC(=O)c1c(C(Br)Br)ccc(Br)c1OC. The van der Waals surface area contributed by atoms with E-state index in [1.165, 1.54) is 7.11 Å². The van der Waals surface area contributed by atoms with Crippen LogP contribution in [-0.2, 0) is 4.74 Å². The molecule has 1 rings (SSSR count). The summed E-state index contributed by atoms with van der Waals surface area (Å²) >= 11 is 10.1. The monoisotopic (exact) mass is 428 g/mol. The van der Waals surface area contributed by atoms with E-state index >= 15 is 0 Å². The third kappa shape index (κ3) is 3.45. The second-order valence-electron chi connectivity index (χ2n) is 3.07. The number of ether oxygens (including phenoxy) is 2. The topological polar surface area (TPSA) is 35.5 Å². The van der Waals surface area contributed by atoms with Gasteiger partial charge in [0.05, 0.1) is 21.9 Å². The Kier molecular flexibility index (Phi) is 5.95. The third-order valence-corrected chi connectivity index (χ3v) is 3.67. The minimum absolute atomic E-state index is 0.142. The maximum Gasteiger partial charge on any atom is 0.342 e. The molecule has 0 aliphatic rings. The summed E-state index contributed by atoms with van der Waals surface area (Å²) in [6.07, 6.45) is 0. The normalized spacial score (nSPS) is 10.5. The number of benzene rings is 1. The fraction of sp³-hybridized carbons (Fsp3) is 0.364. The van der Waals surface area contributed by atoms with Crippen molar-refractivity contribution in [1.82, 2.24) is 0 Å². The summed E-state index contributed by atoms with van der Waals surface area (Å²) in [6.45, 7) is 2.09. The molecule has 0 aliphatic carbocycles. The van der Waals surface area contributed by atoms with Crippen molar-refractivity contribution in [1.29, 1.82) is 0 Å². The molecule has 0 spiro atoms. The van der Waals surface area contributed by atoms with Crippen LogP contribution in [0.2, 0.25) is 0 Å². The van der Waals surface area contributed by atoms with Crippen LogP contribution >= 0.6 is 47.8 Å². The highest BCUT2D eigenvalue weighted by molar-refractivity contribution is 9.24. The number of methoxy groups -OCH3 is 1. The van der Waals surface area contributed by atoms with Crippen molar-refractivity contribution in [3.63, 3.8) is 0 Å². The van der Waals surface area contributed by atoms with Crippen LogP contribution < -0.4 is 4.74 Å². The van der Waals surface area contributed by atoms with Gasteiger partial charge in [-0.2, -0.15) is 0 Å². The molecule has 1 aromatic carbocycles. The Morgan fingerprint density at radius 3 is 2.53 bits per heavy atom. The lowest BCUT2D eigenvalue weighted by Gasteiger charge is -2.15. The summed E-state index contributed by atoms with van der Waals surface area (Å²) in [5, 5.41) is 0. The van der Waals surface area contributed by atoms with Crippen LogP contribution in [0.4, 0.5) is 0 Å². The molecule has 0 saturated carbocycles. The fourth-order valence-electron chi connectivity index (χ4n) is 1.37. The summed E-state index contributed by atoms with van der Waals surface area (Å²) in [7, 11) is 1.52. The third-order valence-electron chi connectivity index (χ3n) is 2.06. The molecule has 1 aromatic rings. The van der Waals surface area contributed by atoms with Gasteiger partial charge in [-0.3, -0.25) is 0 Å². The summed E-state index contributed by atoms with van der Waals surface area (Å²) < 4.78 is 10.9. The molecule has 3 nitrogen and oxygen atoms in total. The molecule has 0 amide bonds. The molecule has 94 valence electrons. The molecule has 0 unspecified atom stereocenters. The first-order valence-electron chi connectivity index (χ1n) is 4.84. The number of carbonyl (C=O) groups is 1. The minimum atomic E-state index is -0.399. The van der Waals surface area contributed by atoms with Crippen LogP contribution in [0, 0.1) is 0 Å². The van der Waals surface area contributed by atoms with E-state index in [-0.39, 0.29) is 3.74 Å². The first-order valence-corrected chi connectivity index (χ1v) is 7.47. The Morgan fingerprint density at radius 2 is 2.06 bits per heavy atom. The number of alkyl halides is 2. The van der Waals surface area contributed by atoms with Crippen LogP contribution in [0.15, 0.2) is 16.6 Å². The average Bonchev–Trinajstić information content (AvgIpc) is 2.28. The largest absolute Gasteiger partial charge is 0.495 e. The van der Waals surface area contributed by atoms with Crippen LogP contribution in [0.25, 0.3) is 0 Å². The van der Waals surface area contributed by atoms with Crippen molar-refractivity contribution in [3.8, 4) is 5.75 Å². The van der Waals surface area contributed by atoms with Crippen molar-refractivity contribution in [2.75, 3.05) is 13.7 Å². The first-order chi connectivity index (χ1) is 8.02. The molecule has 0 aliphatic heterocycles. The Morgan fingerprint density at radius 1 is 1.41 bits per heavy atom. The van der Waals surface area contributed by atoms with Gasteiger partial charge in [-0.1, -0.05) is 37.9 Å². The Balaban J connectivity index is 3.38. The maximum absolute atomic E-state index is 11.9. The Hall–Kier alpha value is -0.0700. The van der Waals surface area contributed by atoms with E-state index in [0.717, 1.165) is 5.56 Å². The first kappa shape index (κ1) is 15.0. The van der Waals surface area contributed by atoms with Gasteiger partial charge >= 0.3 is 5.97 Å². The van der Waals surface area contributed by atoms with E-state index in [2.05, 4.69) is 47.8 Å². The van der Waals surface area contributed by atoms with Gasteiger partial charge in [-0.05, 0) is 34.5 Å². The highest BCUT2D eigenvalue weighted by Gasteiger charge is 2.23. The van der Waals surface area contributed by atoms with Crippen molar-refractivity contribution >= 4 is 53.8 Å². The summed E-state index contributed by atoms with van der Waals surface area (Å²) in [6, 6.07) is 3.65. The lowest BCUT2D eigenvalue weighted by Crippen LogP contribution is -2.10. The second-order valence-corrected chi connectivity index (χ2v) is 6.98. The molecule has 0 radical (unpaired) electrons.